The molecule has 1 aromatic heterocycles. The fourth-order valence-corrected chi connectivity index (χ4v) is 4.55. The molecular weight excluding hydrogens is 448 g/mol. The van der Waals surface area contributed by atoms with Gasteiger partial charge in [-0.2, -0.15) is 0 Å². The van der Waals surface area contributed by atoms with Crippen LogP contribution in [-0.2, 0) is 11.3 Å². The molecule has 0 radical (unpaired) electrons. The first kappa shape index (κ1) is 23.9. The molecule has 2 aromatic carbocycles. The number of nitrogens with zero attached hydrogens (tertiary/aromatic N) is 3. The van der Waals surface area contributed by atoms with Gasteiger partial charge in [-0.3, -0.25) is 15.0 Å². The van der Waals surface area contributed by atoms with Crippen molar-refractivity contribution in [3.8, 4) is 10.6 Å². The zero-order valence-corrected chi connectivity index (χ0v) is 20.6. The molecule has 1 saturated heterocycles. The van der Waals surface area contributed by atoms with E-state index in [4.69, 9.17) is 9.72 Å². The first-order valence-electron chi connectivity index (χ1n) is 11.4. The molecule has 8 heteroatoms. The van der Waals surface area contributed by atoms with Gasteiger partial charge in [0.05, 0.1) is 5.69 Å². The van der Waals surface area contributed by atoms with Gasteiger partial charge in [-0.1, -0.05) is 30.3 Å². The van der Waals surface area contributed by atoms with E-state index in [0.29, 0.717) is 24.3 Å². The Bertz CT molecular complexity index is 1110. The lowest BCUT2D eigenvalue weighted by Gasteiger charge is -2.34. The highest BCUT2D eigenvalue weighted by Crippen LogP contribution is 2.24. The highest BCUT2D eigenvalue weighted by atomic mass is 32.1. The molecular formula is C26H30N4O3S. The molecule has 1 N–H and O–H groups in total. The maximum Gasteiger partial charge on any atom is 0.412 e. The number of aromatic nitrogens is 1. The predicted octanol–water partition coefficient (Wildman–Crippen LogP) is 5.12. The Labute approximate surface area is 204 Å². The summed E-state index contributed by atoms with van der Waals surface area (Å²) < 4.78 is 5.26. The molecule has 1 fully saturated rings. The van der Waals surface area contributed by atoms with E-state index in [1.54, 1.807) is 35.6 Å². The van der Waals surface area contributed by atoms with E-state index < -0.39 is 11.7 Å². The average molecular weight is 479 g/mol. The Kier molecular flexibility index (Phi) is 7.29. The molecule has 7 nitrogen and oxygen atoms in total. The van der Waals surface area contributed by atoms with Crippen molar-refractivity contribution in [2.24, 2.45) is 0 Å². The number of amides is 2. The monoisotopic (exact) mass is 478 g/mol. The quantitative estimate of drug-likeness (QED) is 0.551. The van der Waals surface area contributed by atoms with E-state index in [2.05, 4.69) is 27.7 Å². The minimum absolute atomic E-state index is 0.00323. The van der Waals surface area contributed by atoms with Gasteiger partial charge >= 0.3 is 6.09 Å². The first-order valence-corrected chi connectivity index (χ1v) is 12.3. The SMILES string of the molecule is CC(C)(C)OC(=O)Nc1ccc(C(=O)N2CCN(Cc3csc(-c4ccccc4)n3)CC2)cc1. The summed E-state index contributed by atoms with van der Waals surface area (Å²) in [5.41, 5.74) is 2.84. The number of carbonyl (C=O) groups is 2. The smallest absolute Gasteiger partial charge is 0.412 e. The van der Waals surface area contributed by atoms with Gasteiger partial charge in [-0.15, -0.1) is 11.3 Å². The van der Waals surface area contributed by atoms with E-state index in [9.17, 15) is 9.59 Å². The molecule has 34 heavy (non-hydrogen) atoms. The van der Waals surface area contributed by atoms with E-state index >= 15 is 0 Å². The summed E-state index contributed by atoms with van der Waals surface area (Å²) in [6.07, 6.45) is -0.515. The van der Waals surface area contributed by atoms with E-state index in [1.165, 1.54) is 0 Å². The zero-order chi connectivity index (χ0) is 24.1. The molecule has 0 spiro atoms. The number of ether oxygens (including phenoxy) is 1. The minimum Gasteiger partial charge on any atom is -0.444 e. The zero-order valence-electron chi connectivity index (χ0n) is 19.8. The number of benzene rings is 2. The van der Waals surface area contributed by atoms with Crippen LogP contribution < -0.4 is 5.32 Å². The Morgan fingerprint density at radius 2 is 1.68 bits per heavy atom. The second-order valence-corrected chi connectivity index (χ2v) is 10.1. The van der Waals surface area contributed by atoms with Gasteiger partial charge in [0.1, 0.15) is 10.6 Å². The molecule has 0 aliphatic carbocycles. The van der Waals surface area contributed by atoms with Gasteiger partial charge in [-0.25, -0.2) is 9.78 Å². The van der Waals surface area contributed by atoms with Crippen LogP contribution in [0, 0.1) is 0 Å². The van der Waals surface area contributed by atoms with Crippen molar-refractivity contribution in [1.82, 2.24) is 14.8 Å². The fourth-order valence-electron chi connectivity index (χ4n) is 3.73. The number of anilines is 1. The Hall–Kier alpha value is -3.23. The lowest BCUT2D eigenvalue weighted by Crippen LogP contribution is -2.48. The topological polar surface area (TPSA) is 74.8 Å². The summed E-state index contributed by atoms with van der Waals surface area (Å²) in [5.74, 6) is 0.00323. The second kappa shape index (κ2) is 10.4. The summed E-state index contributed by atoms with van der Waals surface area (Å²) in [5, 5.41) is 5.84. The van der Waals surface area contributed by atoms with E-state index in [1.807, 2.05) is 43.9 Å². The number of rotatable bonds is 5. The van der Waals surface area contributed by atoms with Crippen molar-refractivity contribution in [3.63, 3.8) is 0 Å². The average Bonchev–Trinajstić information content (AvgIpc) is 3.27. The molecule has 0 atom stereocenters. The number of piperazine rings is 1. The molecule has 0 unspecified atom stereocenters. The summed E-state index contributed by atoms with van der Waals surface area (Å²) in [7, 11) is 0. The molecule has 3 aromatic rings. The third-order valence-corrected chi connectivity index (χ3v) is 6.33. The summed E-state index contributed by atoms with van der Waals surface area (Å²) in [4.78, 5) is 33.8. The fraction of sp³-hybridized carbons (Fsp3) is 0.346. The Morgan fingerprint density at radius 1 is 1.00 bits per heavy atom. The van der Waals surface area contributed by atoms with Crippen LogP contribution in [0.15, 0.2) is 60.0 Å². The summed E-state index contributed by atoms with van der Waals surface area (Å²) >= 11 is 1.66. The Balaban J connectivity index is 1.27. The maximum absolute atomic E-state index is 12.9. The van der Waals surface area contributed by atoms with Gasteiger partial charge < -0.3 is 9.64 Å². The highest BCUT2D eigenvalue weighted by molar-refractivity contribution is 7.13. The van der Waals surface area contributed by atoms with Crippen molar-refractivity contribution >= 4 is 29.0 Å². The van der Waals surface area contributed by atoms with Gasteiger partial charge in [0.25, 0.3) is 5.91 Å². The molecule has 0 bridgehead atoms. The number of hydrogen-bond acceptors (Lipinski definition) is 6. The third kappa shape index (κ3) is 6.42. The molecule has 4 rings (SSSR count). The normalized spacial score (nSPS) is 14.6. The van der Waals surface area contributed by atoms with Crippen molar-refractivity contribution in [2.45, 2.75) is 32.9 Å². The van der Waals surface area contributed by atoms with Crippen LogP contribution in [0.5, 0.6) is 0 Å². The lowest BCUT2D eigenvalue weighted by atomic mass is 10.1. The van der Waals surface area contributed by atoms with Gasteiger partial charge in [0, 0.05) is 54.9 Å². The number of thiazole rings is 1. The van der Waals surface area contributed by atoms with E-state index in [-0.39, 0.29) is 5.91 Å². The summed E-state index contributed by atoms with van der Waals surface area (Å²) in [6, 6.07) is 17.1. The lowest BCUT2D eigenvalue weighted by molar-refractivity contribution is 0.0623. The predicted molar refractivity (Wildman–Crippen MR) is 135 cm³/mol. The molecule has 178 valence electrons. The van der Waals surface area contributed by atoms with E-state index in [0.717, 1.165) is 35.9 Å². The van der Waals surface area contributed by atoms with Crippen LogP contribution in [0.25, 0.3) is 10.6 Å². The third-order valence-electron chi connectivity index (χ3n) is 5.39. The van der Waals surface area contributed by atoms with Crippen LogP contribution in [0.1, 0.15) is 36.8 Å². The van der Waals surface area contributed by atoms with Crippen LogP contribution in [0.2, 0.25) is 0 Å². The minimum atomic E-state index is -0.564. The van der Waals surface area contributed by atoms with Gasteiger partial charge in [0.2, 0.25) is 0 Å². The van der Waals surface area contributed by atoms with Crippen LogP contribution in [-0.4, -0.2) is 58.6 Å². The van der Waals surface area contributed by atoms with Crippen molar-refractivity contribution in [3.05, 3.63) is 71.2 Å². The van der Waals surface area contributed by atoms with Gasteiger partial charge in [-0.05, 0) is 45.0 Å². The maximum atomic E-state index is 12.9. The van der Waals surface area contributed by atoms with Crippen LogP contribution in [0.4, 0.5) is 10.5 Å². The summed E-state index contributed by atoms with van der Waals surface area (Å²) in [6.45, 7) is 9.19. The Morgan fingerprint density at radius 3 is 2.32 bits per heavy atom. The van der Waals surface area contributed by atoms with Crippen LogP contribution in [0.3, 0.4) is 0 Å². The highest BCUT2D eigenvalue weighted by Gasteiger charge is 2.23. The molecule has 1 aliphatic rings. The largest absolute Gasteiger partial charge is 0.444 e. The van der Waals surface area contributed by atoms with Gasteiger partial charge in [0.15, 0.2) is 0 Å². The van der Waals surface area contributed by atoms with Crippen molar-refractivity contribution in [1.29, 1.82) is 0 Å². The first-order chi connectivity index (χ1) is 16.3. The molecule has 1 aliphatic heterocycles. The van der Waals surface area contributed by atoms with Crippen LogP contribution >= 0.6 is 11.3 Å². The number of hydrogen-bond donors (Lipinski definition) is 1. The molecule has 2 heterocycles. The molecule has 2 amide bonds. The van der Waals surface area contributed by atoms with Crippen molar-refractivity contribution in [2.75, 3.05) is 31.5 Å². The molecule has 0 saturated carbocycles. The second-order valence-electron chi connectivity index (χ2n) is 9.28. The standard InChI is InChI=1S/C26H30N4O3S/c1-26(2,3)33-25(32)28-21-11-9-20(10-12-21)24(31)30-15-13-29(14-16-30)17-22-18-34-23(27-22)19-7-5-4-6-8-19/h4-12,18H,13-17H2,1-3H3,(H,28,32). The number of nitrogens with one attached hydrogen (secondary N) is 1. The number of carbonyl (C=O) groups excluding carboxylic acids is 2. The van der Waals surface area contributed by atoms with Crippen molar-refractivity contribution < 1.29 is 14.3 Å².